The Labute approximate surface area is 328 Å². The molecule has 0 spiro atoms. The molecule has 4 heterocycles. The van der Waals surface area contributed by atoms with Crippen LogP contribution in [0.1, 0.15) is 36.8 Å². The van der Waals surface area contributed by atoms with Gasteiger partial charge in [-0.2, -0.15) is 17.4 Å². The van der Waals surface area contributed by atoms with Gasteiger partial charge in [0.1, 0.15) is 23.1 Å². The summed E-state index contributed by atoms with van der Waals surface area (Å²) in [4.78, 5) is 23.5. The lowest BCUT2D eigenvalue weighted by atomic mass is 10.0. The summed E-state index contributed by atoms with van der Waals surface area (Å²) in [6.45, 7) is 7.19. The van der Waals surface area contributed by atoms with Crippen molar-refractivity contribution in [1.29, 1.82) is 0 Å². The Balaban J connectivity index is 0.000000175. The van der Waals surface area contributed by atoms with Crippen molar-refractivity contribution in [3.8, 4) is 34.3 Å². The molecule has 0 radical (unpaired) electrons. The molecule has 0 amide bonds. The zero-order valence-electron chi connectivity index (χ0n) is 32.2. The molecule has 2 aromatic heterocycles. The summed E-state index contributed by atoms with van der Waals surface area (Å²) < 4.78 is 28.2. The summed E-state index contributed by atoms with van der Waals surface area (Å²) >= 11 is 0. The predicted octanol–water partition coefficient (Wildman–Crippen LogP) is 5.91. The minimum Gasteiger partial charge on any atom is -0.507 e. The van der Waals surface area contributed by atoms with Gasteiger partial charge >= 0.3 is 0 Å². The van der Waals surface area contributed by atoms with Gasteiger partial charge in [0.2, 0.25) is 0 Å². The number of aromatic hydroxyl groups is 2. The maximum Gasteiger partial charge on any atom is 0.279 e. The lowest BCUT2D eigenvalue weighted by molar-refractivity contribution is 0.437. The molecule has 2 fully saturated rings. The Hall–Kier alpha value is -5.41. The van der Waals surface area contributed by atoms with Gasteiger partial charge in [0, 0.05) is 63.1 Å². The van der Waals surface area contributed by atoms with Crippen LogP contribution in [-0.2, 0) is 10.2 Å². The van der Waals surface area contributed by atoms with Gasteiger partial charge in [0.05, 0.1) is 22.2 Å². The molecule has 0 unspecified atom stereocenters. The van der Waals surface area contributed by atoms with Crippen LogP contribution in [0.3, 0.4) is 0 Å². The van der Waals surface area contributed by atoms with Crippen LogP contribution in [0.5, 0.6) is 11.5 Å². The number of phenolic OH excluding ortho intramolecular Hbond substituents is 2. The second-order valence-corrected chi connectivity index (χ2v) is 16.7. The standard InChI is InChI=1S/C22H27N5O3S.C20H22N4O/c1-15-8-9-17-19(14-15)23-21(18-6-4-5-7-20(18)28)24-22(17)27-12-10-16(11-13-27)25-31(29,30)26(2)3;1-13-6-7-15-17(12-13)22-19(16-4-2-3-5-18(16)25)23-20(15)24-10-8-14(21)9-11-24/h4-9,14,16,25,28H,10-13H2,1-3H3;2-7,12,14,25H,8-11,21H2,1H3. The van der Waals surface area contributed by atoms with E-state index in [9.17, 15) is 18.6 Å². The van der Waals surface area contributed by atoms with E-state index in [1.165, 1.54) is 18.4 Å². The van der Waals surface area contributed by atoms with E-state index in [1.54, 1.807) is 30.3 Å². The van der Waals surface area contributed by atoms with Crippen LogP contribution in [-0.4, -0.2) is 95.2 Å². The smallest absolute Gasteiger partial charge is 0.279 e. The first-order chi connectivity index (χ1) is 26.9. The van der Waals surface area contributed by atoms with Crippen LogP contribution >= 0.6 is 0 Å². The summed E-state index contributed by atoms with van der Waals surface area (Å²) in [7, 11) is -0.414. The van der Waals surface area contributed by atoms with E-state index >= 15 is 0 Å². The van der Waals surface area contributed by atoms with Crippen LogP contribution in [0.4, 0.5) is 11.6 Å². The first-order valence-electron chi connectivity index (χ1n) is 18.9. The molecule has 2 aliphatic rings. The van der Waals surface area contributed by atoms with Crippen molar-refractivity contribution in [2.75, 3.05) is 50.1 Å². The van der Waals surface area contributed by atoms with Gasteiger partial charge in [-0.25, -0.2) is 19.9 Å². The van der Waals surface area contributed by atoms with Crippen molar-refractivity contribution >= 4 is 43.7 Å². The monoisotopic (exact) mass is 775 g/mol. The number of piperidine rings is 2. The number of para-hydroxylation sites is 2. The highest BCUT2D eigenvalue weighted by atomic mass is 32.2. The third-order valence-corrected chi connectivity index (χ3v) is 12.0. The molecular weight excluding hydrogens is 727 g/mol. The Morgan fingerprint density at radius 1 is 0.661 bits per heavy atom. The number of aromatic nitrogens is 4. The quantitative estimate of drug-likeness (QED) is 0.152. The summed E-state index contributed by atoms with van der Waals surface area (Å²) in [5.41, 5.74) is 11.3. The number of aryl methyl sites for hydroxylation is 2. The molecule has 56 heavy (non-hydrogen) atoms. The lowest BCUT2D eigenvalue weighted by Gasteiger charge is -2.34. The van der Waals surface area contributed by atoms with Crippen molar-refractivity contribution < 1.29 is 18.6 Å². The highest BCUT2D eigenvalue weighted by molar-refractivity contribution is 7.87. The third kappa shape index (κ3) is 8.53. The predicted molar refractivity (Wildman–Crippen MR) is 223 cm³/mol. The fraction of sp³-hybridized carbons (Fsp3) is 0.333. The van der Waals surface area contributed by atoms with Crippen LogP contribution < -0.4 is 20.3 Å². The largest absolute Gasteiger partial charge is 0.507 e. The molecule has 2 aliphatic heterocycles. The van der Waals surface area contributed by atoms with Crippen LogP contribution in [0.25, 0.3) is 44.6 Å². The molecule has 6 aromatic rings. The number of fused-ring (bicyclic) bond motifs is 2. The van der Waals surface area contributed by atoms with Crippen LogP contribution in [0, 0.1) is 13.8 Å². The molecule has 5 N–H and O–H groups in total. The summed E-state index contributed by atoms with van der Waals surface area (Å²) in [6, 6.07) is 26.7. The number of phenols is 2. The highest BCUT2D eigenvalue weighted by Gasteiger charge is 2.27. The van der Waals surface area contributed by atoms with Crippen molar-refractivity contribution in [1.82, 2.24) is 29.0 Å². The van der Waals surface area contributed by atoms with Crippen molar-refractivity contribution in [2.24, 2.45) is 5.73 Å². The maximum atomic E-state index is 12.1. The number of hydrogen-bond donors (Lipinski definition) is 4. The Morgan fingerprint density at radius 3 is 1.52 bits per heavy atom. The van der Waals surface area contributed by atoms with Crippen molar-refractivity contribution in [3.63, 3.8) is 0 Å². The molecule has 0 bridgehead atoms. The topological polar surface area (TPSA) is 174 Å². The fourth-order valence-electron chi connectivity index (χ4n) is 7.13. The van der Waals surface area contributed by atoms with E-state index < -0.39 is 10.2 Å². The second-order valence-electron chi connectivity index (χ2n) is 14.8. The van der Waals surface area contributed by atoms with Gasteiger partial charge in [-0.15, -0.1) is 0 Å². The first kappa shape index (κ1) is 38.8. The Kier molecular flexibility index (Phi) is 11.4. The minimum atomic E-state index is -3.46. The minimum absolute atomic E-state index is 0.114. The van der Waals surface area contributed by atoms with E-state index in [0.29, 0.717) is 48.7 Å². The first-order valence-corrected chi connectivity index (χ1v) is 20.4. The number of rotatable bonds is 7. The molecule has 14 heteroatoms. The average molecular weight is 776 g/mol. The normalized spacial score (nSPS) is 15.7. The van der Waals surface area contributed by atoms with Gasteiger partial charge in [-0.05, 0) is 99.2 Å². The molecule has 8 rings (SSSR count). The van der Waals surface area contributed by atoms with E-state index in [1.807, 2.05) is 43.3 Å². The second kappa shape index (κ2) is 16.4. The van der Waals surface area contributed by atoms with E-state index in [2.05, 4.69) is 39.6 Å². The molecule has 13 nitrogen and oxygen atoms in total. The molecule has 2 saturated heterocycles. The SMILES string of the molecule is Cc1ccc2c(N3CCC(N)CC3)nc(-c3ccccc3O)nc2c1.Cc1ccc2c(N3CCC(NS(=O)(=O)N(C)C)CC3)nc(-c3ccccc3O)nc2c1. The Morgan fingerprint density at radius 2 is 1.09 bits per heavy atom. The molecule has 0 aliphatic carbocycles. The average Bonchev–Trinajstić information content (AvgIpc) is 3.18. The highest BCUT2D eigenvalue weighted by Crippen LogP contribution is 2.34. The van der Waals surface area contributed by atoms with Gasteiger partial charge in [0.25, 0.3) is 10.2 Å². The number of anilines is 2. The van der Waals surface area contributed by atoms with Gasteiger partial charge in [-0.1, -0.05) is 36.4 Å². The zero-order chi connectivity index (χ0) is 39.6. The number of hydrogen-bond acceptors (Lipinski definition) is 11. The number of nitrogens with zero attached hydrogens (tertiary/aromatic N) is 7. The van der Waals surface area contributed by atoms with Crippen LogP contribution in [0.2, 0.25) is 0 Å². The number of benzene rings is 4. The number of nitrogens with one attached hydrogen (secondary N) is 1. The summed E-state index contributed by atoms with van der Waals surface area (Å²) in [5, 5.41) is 22.5. The van der Waals surface area contributed by atoms with Crippen LogP contribution in [0.15, 0.2) is 84.9 Å². The van der Waals surface area contributed by atoms with Crippen molar-refractivity contribution in [3.05, 3.63) is 96.1 Å². The molecule has 292 valence electrons. The molecule has 0 saturated carbocycles. The van der Waals surface area contributed by atoms with Gasteiger partial charge in [0.15, 0.2) is 11.6 Å². The molecule has 0 atom stereocenters. The van der Waals surface area contributed by atoms with Gasteiger partial charge in [-0.3, -0.25) is 0 Å². The van der Waals surface area contributed by atoms with Crippen molar-refractivity contribution in [2.45, 2.75) is 51.6 Å². The third-order valence-electron chi connectivity index (χ3n) is 10.4. The maximum absolute atomic E-state index is 12.1. The Bertz CT molecular complexity index is 2460. The molecule has 4 aromatic carbocycles. The lowest BCUT2D eigenvalue weighted by Crippen LogP contribution is -2.48. The molecular formula is C42H49N9O4S. The van der Waals surface area contributed by atoms with E-state index in [4.69, 9.17) is 25.7 Å². The zero-order valence-corrected chi connectivity index (χ0v) is 33.0. The fourth-order valence-corrected chi connectivity index (χ4v) is 8.00. The summed E-state index contributed by atoms with van der Waals surface area (Å²) in [6.07, 6.45) is 3.28. The summed E-state index contributed by atoms with van der Waals surface area (Å²) in [5.74, 6) is 3.09. The number of nitrogens with two attached hydrogens (primary N) is 1. The van der Waals surface area contributed by atoms with E-state index in [0.717, 1.165) is 70.5 Å². The van der Waals surface area contributed by atoms with Gasteiger partial charge < -0.3 is 25.7 Å². The van der Waals surface area contributed by atoms with E-state index in [-0.39, 0.29) is 23.6 Å².